The van der Waals surface area contributed by atoms with Crippen molar-refractivity contribution < 1.29 is 35.9 Å². The fourth-order valence-corrected chi connectivity index (χ4v) is 6.07. The lowest BCUT2D eigenvalue weighted by Gasteiger charge is -2.19. The van der Waals surface area contributed by atoms with Crippen LogP contribution >= 0.6 is 23.2 Å². The van der Waals surface area contributed by atoms with Gasteiger partial charge in [0.25, 0.3) is 0 Å². The molecule has 0 spiro atoms. The van der Waals surface area contributed by atoms with Gasteiger partial charge in [-0.3, -0.25) is 0 Å². The number of halogens is 5. The van der Waals surface area contributed by atoms with Crippen LogP contribution in [0.2, 0.25) is 10.0 Å². The van der Waals surface area contributed by atoms with Crippen LogP contribution in [-0.4, -0.2) is 39.0 Å². The molecule has 1 aliphatic heterocycles. The van der Waals surface area contributed by atoms with E-state index in [0.717, 1.165) is 30.7 Å². The van der Waals surface area contributed by atoms with Crippen LogP contribution in [0, 0.1) is 0 Å². The molecule has 7 nitrogen and oxygen atoms in total. The number of alkyl halides is 3. The van der Waals surface area contributed by atoms with E-state index in [1.54, 1.807) is 24.3 Å². The smallest absolute Gasteiger partial charge is 0.391 e. The summed E-state index contributed by atoms with van der Waals surface area (Å²) in [6.45, 7) is 0.588. The van der Waals surface area contributed by atoms with Crippen molar-refractivity contribution in [3.05, 3.63) is 87.9 Å². The van der Waals surface area contributed by atoms with E-state index in [1.165, 1.54) is 18.2 Å². The average molecular weight is 615 g/mol. The minimum absolute atomic E-state index is 0.0633. The highest BCUT2D eigenvalue weighted by atomic mass is 35.5. The third-order valence-electron chi connectivity index (χ3n) is 6.21. The molecule has 0 saturated carbocycles. The summed E-state index contributed by atoms with van der Waals surface area (Å²) in [5.74, 6) is -1.91. The van der Waals surface area contributed by atoms with Gasteiger partial charge in [0, 0.05) is 10.0 Å². The Morgan fingerprint density at radius 3 is 2.08 bits per heavy atom. The molecular weight excluding hydrogens is 592 g/mol. The molecule has 40 heavy (non-hydrogen) atoms. The maximum Gasteiger partial charge on any atom is 0.416 e. The fraction of sp³-hybridized carbons (Fsp3) is 0.259. The van der Waals surface area contributed by atoms with Crippen molar-refractivity contribution in [2.75, 3.05) is 6.54 Å². The molecule has 0 unspecified atom stereocenters. The predicted molar refractivity (Wildman–Crippen MR) is 143 cm³/mol. The van der Waals surface area contributed by atoms with E-state index < -0.39 is 45.8 Å². The molecule has 1 fully saturated rings. The van der Waals surface area contributed by atoms with Crippen molar-refractivity contribution >= 4 is 45.2 Å². The average Bonchev–Trinajstić information content (AvgIpc) is 3.43. The van der Waals surface area contributed by atoms with Crippen molar-refractivity contribution in [1.82, 2.24) is 10.0 Å². The molecular formula is C27H23Cl2F3N2O5S. The third kappa shape index (κ3) is 7.61. The summed E-state index contributed by atoms with van der Waals surface area (Å²) in [5, 5.41) is 3.04. The van der Waals surface area contributed by atoms with Gasteiger partial charge < -0.3 is 10.1 Å². The Labute approximate surface area is 238 Å². The van der Waals surface area contributed by atoms with E-state index in [9.17, 15) is 31.2 Å². The van der Waals surface area contributed by atoms with Crippen LogP contribution in [0.5, 0.6) is 0 Å². The zero-order chi connectivity index (χ0) is 29.1. The van der Waals surface area contributed by atoms with Crippen molar-refractivity contribution in [3.63, 3.8) is 0 Å². The third-order valence-corrected chi connectivity index (χ3v) is 8.10. The summed E-state index contributed by atoms with van der Waals surface area (Å²) in [4.78, 5) is 25.2. The minimum Gasteiger partial charge on any atom is -0.391 e. The first-order chi connectivity index (χ1) is 18.8. The van der Waals surface area contributed by atoms with Crippen molar-refractivity contribution in [2.24, 2.45) is 0 Å². The zero-order valence-corrected chi connectivity index (χ0v) is 23.0. The minimum atomic E-state index is -4.45. The number of carbonyl (C=O) groups is 2. The van der Waals surface area contributed by atoms with Gasteiger partial charge in [0.2, 0.25) is 10.0 Å². The van der Waals surface area contributed by atoms with E-state index in [0.29, 0.717) is 29.7 Å². The van der Waals surface area contributed by atoms with Crippen LogP contribution in [0.25, 0.3) is 11.1 Å². The number of carbonyl (C=O) groups excluding carboxylic acids is 2. The Morgan fingerprint density at radius 1 is 0.975 bits per heavy atom. The second-order valence-electron chi connectivity index (χ2n) is 9.14. The SMILES string of the molecule is O=C(OC(=O)[C@H](Cc1ccc(-c2ccc(C(F)(F)F)cc2)cc1)NS(=O)(=O)c1cc(Cl)cc(Cl)c1)[C@@H]1CCCN1. The highest BCUT2D eigenvalue weighted by Crippen LogP contribution is 2.31. The largest absolute Gasteiger partial charge is 0.416 e. The summed E-state index contributed by atoms with van der Waals surface area (Å²) in [7, 11) is -4.33. The lowest BCUT2D eigenvalue weighted by molar-refractivity contribution is -0.162. The quantitative estimate of drug-likeness (QED) is 0.261. The van der Waals surface area contributed by atoms with Crippen LogP contribution < -0.4 is 10.0 Å². The number of ether oxygens (including phenoxy) is 1. The summed E-state index contributed by atoms with van der Waals surface area (Å²) in [6.07, 6.45) is -3.43. The van der Waals surface area contributed by atoms with Gasteiger partial charge in [-0.2, -0.15) is 17.9 Å². The zero-order valence-electron chi connectivity index (χ0n) is 20.7. The molecule has 2 atom stereocenters. The van der Waals surface area contributed by atoms with E-state index >= 15 is 0 Å². The second kappa shape index (κ2) is 12.3. The van der Waals surface area contributed by atoms with Gasteiger partial charge in [0.15, 0.2) is 0 Å². The van der Waals surface area contributed by atoms with Crippen LogP contribution in [0.4, 0.5) is 13.2 Å². The predicted octanol–water partition coefficient (Wildman–Crippen LogP) is 5.39. The Bertz CT molecular complexity index is 1470. The Morgan fingerprint density at radius 2 is 1.55 bits per heavy atom. The summed E-state index contributed by atoms with van der Waals surface area (Å²) < 4.78 is 72.1. The summed E-state index contributed by atoms with van der Waals surface area (Å²) in [5.41, 5.74) is 0.859. The van der Waals surface area contributed by atoms with Gasteiger partial charge in [-0.1, -0.05) is 59.6 Å². The van der Waals surface area contributed by atoms with Crippen LogP contribution in [0.1, 0.15) is 24.0 Å². The number of hydrogen-bond acceptors (Lipinski definition) is 6. The molecule has 4 rings (SSSR count). The van der Waals surface area contributed by atoms with Gasteiger partial charge in [-0.15, -0.1) is 0 Å². The molecule has 3 aromatic rings. The Hall–Kier alpha value is -2.96. The van der Waals surface area contributed by atoms with Gasteiger partial charge in [0.05, 0.1) is 10.5 Å². The van der Waals surface area contributed by atoms with Crippen LogP contribution in [-0.2, 0) is 36.9 Å². The topological polar surface area (TPSA) is 102 Å². The molecule has 1 heterocycles. The van der Waals surface area contributed by atoms with Gasteiger partial charge in [0.1, 0.15) is 12.1 Å². The van der Waals surface area contributed by atoms with Crippen molar-refractivity contribution in [1.29, 1.82) is 0 Å². The first-order valence-corrected chi connectivity index (χ1v) is 14.3. The lowest BCUT2D eigenvalue weighted by Crippen LogP contribution is -2.45. The van der Waals surface area contributed by atoms with E-state index in [1.807, 2.05) is 0 Å². The number of hydrogen-bond donors (Lipinski definition) is 2. The number of rotatable bonds is 8. The number of esters is 2. The molecule has 0 aromatic heterocycles. The highest BCUT2D eigenvalue weighted by molar-refractivity contribution is 7.89. The molecule has 1 aliphatic rings. The van der Waals surface area contributed by atoms with Gasteiger partial charge in [-0.25, -0.2) is 18.0 Å². The van der Waals surface area contributed by atoms with Crippen LogP contribution in [0.3, 0.4) is 0 Å². The van der Waals surface area contributed by atoms with Gasteiger partial charge in [-0.05, 0) is 72.8 Å². The molecule has 0 aliphatic carbocycles. The first kappa shape index (κ1) is 30.0. The molecule has 212 valence electrons. The molecule has 0 amide bonds. The Kier molecular flexibility index (Phi) is 9.21. The molecule has 13 heteroatoms. The molecule has 2 N–H and O–H groups in total. The normalized spacial score (nSPS) is 16.5. The number of nitrogens with one attached hydrogen (secondary N) is 2. The van der Waals surface area contributed by atoms with Gasteiger partial charge >= 0.3 is 18.1 Å². The van der Waals surface area contributed by atoms with E-state index in [4.69, 9.17) is 27.9 Å². The summed E-state index contributed by atoms with van der Waals surface area (Å²) >= 11 is 11.9. The Balaban J connectivity index is 1.56. The molecule has 0 radical (unpaired) electrons. The first-order valence-electron chi connectivity index (χ1n) is 12.1. The molecule has 1 saturated heterocycles. The maximum absolute atomic E-state index is 13.1. The van der Waals surface area contributed by atoms with Crippen LogP contribution in [0.15, 0.2) is 71.6 Å². The summed E-state index contributed by atoms with van der Waals surface area (Å²) in [6, 6.07) is 12.6. The van der Waals surface area contributed by atoms with E-state index in [-0.39, 0.29) is 21.4 Å². The van der Waals surface area contributed by atoms with E-state index in [2.05, 4.69) is 10.0 Å². The number of benzene rings is 3. The van der Waals surface area contributed by atoms with Crippen molar-refractivity contribution in [3.8, 4) is 11.1 Å². The second-order valence-corrected chi connectivity index (χ2v) is 11.7. The lowest BCUT2D eigenvalue weighted by atomic mass is 10.00. The highest BCUT2D eigenvalue weighted by Gasteiger charge is 2.33. The standard InChI is InChI=1S/C27H23Cl2F3N2O5S/c28-20-13-21(29)15-22(14-20)40(37,38)34-24(26(36)39-25(35)23-2-1-11-33-23)12-16-3-5-17(6-4-16)18-7-9-19(10-8-18)27(30,31)32/h3-10,13-15,23-24,33-34H,1-2,11-12H2/t23-,24-/m0/s1. The molecule has 3 aromatic carbocycles. The monoisotopic (exact) mass is 614 g/mol. The fourth-order valence-electron chi connectivity index (χ4n) is 4.16. The van der Waals surface area contributed by atoms with Crippen molar-refractivity contribution in [2.45, 2.75) is 42.4 Å². The molecule has 0 bridgehead atoms. The maximum atomic E-state index is 13.1. The number of sulfonamides is 1.